The fourth-order valence-corrected chi connectivity index (χ4v) is 3.52. The van der Waals surface area contributed by atoms with E-state index in [2.05, 4.69) is 62.4 Å². The van der Waals surface area contributed by atoms with Crippen molar-refractivity contribution in [3.63, 3.8) is 0 Å². The topological polar surface area (TPSA) is 0 Å². The Morgan fingerprint density at radius 1 is 0.900 bits per heavy atom. The first kappa shape index (κ1) is 17.7. The minimum atomic E-state index is 0. The standard InChI is InChI=1S/C17H15.2ClH.Zr/c1-12-10-15-9-8-13(2)17(16(15)11-12)14-6-4-3-5-7-14;;;/h3-11H,1-2H3;2*1H;/q;;;+2/p-2. The Labute approximate surface area is 148 Å². The van der Waals surface area contributed by atoms with Crippen molar-refractivity contribution in [3.05, 3.63) is 64.7 Å². The van der Waals surface area contributed by atoms with Gasteiger partial charge in [0.2, 0.25) is 0 Å². The Bertz CT molecular complexity index is 633. The molecule has 0 saturated heterocycles. The number of aryl methyl sites for hydroxylation is 1. The van der Waals surface area contributed by atoms with Crippen LogP contribution in [0, 0.1) is 6.92 Å². The summed E-state index contributed by atoms with van der Waals surface area (Å²) in [6.07, 6.45) is 2.38. The van der Waals surface area contributed by atoms with Gasteiger partial charge in [0.15, 0.2) is 0 Å². The fourth-order valence-electron chi connectivity index (χ4n) is 2.70. The Morgan fingerprint density at radius 2 is 1.55 bits per heavy atom. The molecule has 0 bridgehead atoms. The van der Waals surface area contributed by atoms with Gasteiger partial charge >= 0.3 is 124 Å². The van der Waals surface area contributed by atoms with E-state index in [4.69, 9.17) is 0 Å². The molecular weight excluding hydrogens is 366 g/mol. The quantitative estimate of drug-likeness (QED) is 0.575. The molecule has 0 aliphatic heterocycles. The second-order valence-corrected chi connectivity index (χ2v) is 6.37. The SMILES string of the molecule is CC1=Cc2c(ccc(C)c2-c2ccccc2)[CH]1[Zr+2].[Cl-].[Cl-]. The van der Waals surface area contributed by atoms with E-state index in [0.717, 1.165) is 0 Å². The second-order valence-electron chi connectivity index (χ2n) is 4.95. The van der Waals surface area contributed by atoms with Crippen LogP contribution in [0.1, 0.15) is 27.2 Å². The molecule has 0 nitrogen and oxygen atoms in total. The van der Waals surface area contributed by atoms with E-state index >= 15 is 0 Å². The molecule has 1 unspecified atom stereocenters. The van der Waals surface area contributed by atoms with Crippen LogP contribution in [0.3, 0.4) is 0 Å². The number of rotatable bonds is 1. The van der Waals surface area contributed by atoms with Crippen LogP contribution in [-0.4, -0.2) is 0 Å². The smallest absolute Gasteiger partial charge is 1.00 e. The predicted octanol–water partition coefficient (Wildman–Crippen LogP) is -1.33. The minimum absolute atomic E-state index is 0. The molecule has 0 fully saturated rings. The molecule has 0 saturated carbocycles. The molecule has 3 heteroatoms. The molecule has 0 spiro atoms. The number of benzene rings is 2. The van der Waals surface area contributed by atoms with Gasteiger partial charge in [-0.2, -0.15) is 0 Å². The van der Waals surface area contributed by atoms with Crippen molar-refractivity contribution in [2.45, 2.75) is 17.5 Å². The summed E-state index contributed by atoms with van der Waals surface area (Å²) in [6, 6.07) is 15.3. The van der Waals surface area contributed by atoms with E-state index in [1.165, 1.54) is 33.4 Å². The Balaban J connectivity index is 0.000001000. The summed E-state index contributed by atoms with van der Waals surface area (Å²) in [5.74, 6) is 0. The van der Waals surface area contributed by atoms with Gasteiger partial charge in [-0.3, -0.25) is 0 Å². The number of hydrogen-bond donors (Lipinski definition) is 0. The second kappa shape index (κ2) is 7.07. The fraction of sp³-hybridized carbons (Fsp3) is 0.176. The van der Waals surface area contributed by atoms with Crippen molar-refractivity contribution in [3.8, 4) is 11.1 Å². The van der Waals surface area contributed by atoms with Gasteiger partial charge < -0.3 is 24.8 Å². The molecule has 101 valence electrons. The van der Waals surface area contributed by atoms with Gasteiger partial charge in [0.25, 0.3) is 0 Å². The summed E-state index contributed by atoms with van der Waals surface area (Å²) in [5, 5.41) is 0. The molecule has 0 N–H and O–H groups in total. The summed E-state index contributed by atoms with van der Waals surface area (Å²) in [7, 11) is 0. The van der Waals surface area contributed by atoms with Crippen molar-refractivity contribution in [1.82, 2.24) is 0 Å². The zero-order chi connectivity index (χ0) is 12.7. The first-order valence-electron chi connectivity index (χ1n) is 6.26. The third-order valence-electron chi connectivity index (χ3n) is 3.69. The van der Waals surface area contributed by atoms with Crippen LogP contribution in [-0.2, 0) is 24.7 Å². The molecule has 2 aromatic rings. The monoisotopic (exact) mass is 379 g/mol. The van der Waals surface area contributed by atoms with E-state index in [0.29, 0.717) is 3.63 Å². The largest absolute Gasteiger partial charge is 1.00 e. The Kier molecular flexibility index (Phi) is 6.26. The molecule has 2 aromatic carbocycles. The normalized spacial score (nSPS) is 15.8. The van der Waals surface area contributed by atoms with Crippen molar-refractivity contribution >= 4 is 6.08 Å². The molecule has 0 amide bonds. The van der Waals surface area contributed by atoms with Gasteiger partial charge in [-0.25, -0.2) is 0 Å². The van der Waals surface area contributed by atoms with Gasteiger partial charge in [-0.05, 0) is 0 Å². The van der Waals surface area contributed by atoms with Gasteiger partial charge in [-0.15, -0.1) is 0 Å². The third-order valence-corrected chi connectivity index (χ3v) is 5.57. The molecule has 0 aromatic heterocycles. The summed E-state index contributed by atoms with van der Waals surface area (Å²) in [6.45, 7) is 4.46. The zero-order valence-electron chi connectivity index (χ0n) is 11.5. The average molecular weight is 381 g/mol. The summed E-state index contributed by atoms with van der Waals surface area (Å²) >= 11 is 1.59. The van der Waals surface area contributed by atoms with Crippen LogP contribution in [0.5, 0.6) is 0 Å². The van der Waals surface area contributed by atoms with Gasteiger partial charge in [-0.1, -0.05) is 0 Å². The molecule has 1 aliphatic carbocycles. The maximum Gasteiger partial charge on any atom is -1.00 e. The third kappa shape index (κ3) is 2.96. The van der Waals surface area contributed by atoms with E-state index in [1.54, 1.807) is 24.7 Å². The Morgan fingerprint density at radius 3 is 2.20 bits per heavy atom. The first-order chi connectivity index (χ1) is 8.68. The number of halogens is 2. The Hall–Kier alpha value is -0.357. The molecule has 0 radical (unpaired) electrons. The average Bonchev–Trinajstić information content (AvgIpc) is 2.66. The van der Waals surface area contributed by atoms with E-state index in [9.17, 15) is 0 Å². The summed E-state index contributed by atoms with van der Waals surface area (Å²) < 4.78 is 0.648. The van der Waals surface area contributed by atoms with E-state index in [-0.39, 0.29) is 24.8 Å². The van der Waals surface area contributed by atoms with Crippen LogP contribution in [0.25, 0.3) is 17.2 Å². The van der Waals surface area contributed by atoms with E-state index in [1.807, 2.05) is 0 Å². The number of allylic oxidation sites excluding steroid dienone is 1. The molecule has 3 rings (SSSR count). The number of hydrogen-bond acceptors (Lipinski definition) is 0. The van der Waals surface area contributed by atoms with Gasteiger partial charge in [0.05, 0.1) is 0 Å². The molecule has 0 heterocycles. The van der Waals surface area contributed by atoms with Crippen LogP contribution < -0.4 is 24.8 Å². The maximum absolute atomic E-state index is 2.38. The van der Waals surface area contributed by atoms with Gasteiger partial charge in [0.1, 0.15) is 0 Å². The van der Waals surface area contributed by atoms with Gasteiger partial charge in [0, 0.05) is 0 Å². The first-order valence-corrected chi connectivity index (χ1v) is 7.68. The van der Waals surface area contributed by atoms with Crippen LogP contribution >= 0.6 is 0 Å². The maximum atomic E-state index is 2.38. The minimum Gasteiger partial charge on any atom is -1.00 e. The van der Waals surface area contributed by atoms with E-state index < -0.39 is 0 Å². The van der Waals surface area contributed by atoms with Crippen molar-refractivity contribution in [1.29, 1.82) is 0 Å². The van der Waals surface area contributed by atoms with Crippen molar-refractivity contribution in [2.24, 2.45) is 0 Å². The van der Waals surface area contributed by atoms with Crippen molar-refractivity contribution in [2.75, 3.05) is 0 Å². The van der Waals surface area contributed by atoms with Crippen LogP contribution in [0.15, 0.2) is 48.0 Å². The zero-order valence-corrected chi connectivity index (χ0v) is 15.4. The summed E-state index contributed by atoms with van der Waals surface area (Å²) in [5.41, 5.74) is 8.58. The summed E-state index contributed by atoms with van der Waals surface area (Å²) in [4.78, 5) is 0. The van der Waals surface area contributed by atoms with Crippen LogP contribution in [0.2, 0.25) is 0 Å². The molecule has 20 heavy (non-hydrogen) atoms. The molecule has 1 atom stereocenters. The molecular formula is C17H15Cl2Zr. The number of fused-ring (bicyclic) bond motifs is 1. The van der Waals surface area contributed by atoms with Crippen LogP contribution in [0.4, 0.5) is 0 Å². The molecule has 1 aliphatic rings. The predicted molar refractivity (Wildman–Crippen MR) is 73.0 cm³/mol. The van der Waals surface area contributed by atoms with Crippen molar-refractivity contribution < 1.29 is 49.5 Å².